The number of piperazine rings is 1. The number of benzene rings is 1. The van der Waals surface area contributed by atoms with Gasteiger partial charge in [0.2, 0.25) is 0 Å². The summed E-state index contributed by atoms with van der Waals surface area (Å²) in [7, 11) is 2.17. The van der Waals surface area contributed by atoms with E-state index in [2.05, 4.69) is 29.0 Å². The fraction of sp³-hybridized carbons (Fsp3) is 0.462. The van der Waals surface area contributed by atoms with Gasteiger partial charge < -0.3 is 10.6 Å². The molecule has 0 aromatic heterocycles. The minimum Gasteiger partial charge on any atom is -0.389 e. The van der Waals surface area contributed by atoms with Crippen LogP contribution in [0.4, 0.5) is 0 Å². The predicted molar refractivity (Wildman–Crippen MR) is 75.1 cm³/mol. The lowest BCUT2D eigenvalue weighted by Crippen LogP contribution is -2.43. The molecule has 0 atom stereocenters. The van der Waals surface area contributed by atoms with E-state index in [0.717, 1.165) is 38.3 Å². The first-order valence-electron chi connectivity index (χ1n) is 5.95. The summed E-state index contributed by atoms with van der Waals surface area (Å²) in [4.78, 5) is 5.32. The lowest BCUT2D eigenvalue weighted by molar-refractivity contribution is 0.148. The number of likely N-dealkylation sites (N-methyl/N-ethyl adjacent to an activating group) is 1. The van der Waals surface area contributed by atoms with Crippen LogP contribution in [0.25, 0.3) is 0 Å². The van der Waals surface area contributed by atoms with E-state index in [1.165, 1.54) is 5.56 Å². The van der Waals surface area contributed by atoms with Gasteiger partial charge >= 0.3 is 0 Å². The molecule has 0 saturated carbocycles. The minimum absolute atomic E-state index is 0.469. The maximum absolute atomic E-state index is 5.58. The highest BCUT2D eigenvalue weighted by atomic mass is 32.1. The molecule has 0 radical (unpaired) electrons. The molecule has 3 nitrogen and oxygen atoms in total. The third kappa shape index (κ3) is 3.49. The van der Waals surface area contributed by atoms with Gasteiger partial charge in [0.25, 0.3) is 0 Å². The Balaban J connectivity index is 1.92. The van der Waals surface area contributed by atoms with Gasteiger partial charge in [-0.2, -0.15) is 0 Å². The second-order valence-corrected chi connectivity index (χ2v) is 5.08. The van der Waals surface area contributed by atoms with Crippen LogP contribution < -0.4 is 5.73 Å². The summed E-state index contributed by atoms with van der Waals surface area (Å²) in [5.74, 6) is 0. The summed E-state index contributed by atoms with van der Waals surface area (Å²) < 4.78 is 0. The van der Waals surface area contributed by atoms with E-state index < -0.39 is 0 Å². The highest BCUT2D eigenvalue weighted by Gasteiger charge is 2.13. The second-order valence-electron chi connectivity index (χ2n) is 4.64. The van der Waals surface area contributed by atoms with Gasteiger partial charge in [-0.1, -0.05) is 36.5 Å². The lowest BCUT2D eigenvalue weighted by Gasteiger charge is -2.32. The van der Waals surface area contributed by atoms with Crippen LogP contribution in [-0.4, -0.2) is 48.0 Å². The van der Waals surface area contributed by atoms with Gasteiger partial charge in [-0.3, -0.25) is 4.90 Å². The van der Waals surface area contributed by atoms with E-state index in [4.69, 9.17) is 18.0 Å². The van der Waals surface area contributed by atoms with Crippen molar-refractivity contribution >= 4 is 17.2 Å². The molecule has 1 aliphatic heterocycles. The molecule has 1 fully saturated rings. The van der Waals surface area contributed by atoms with E-state index in [1.54, 1.807) is 0 Å². The van der Waals surface area contributed by atoms with Crippen LogP contribution in [0.3, 0.4) is 0 Å². The first kappa shape index (κ1) is 12.5. The number of hydrogen-bond acceptors (Lipinski definition) is 3. The molecule has 2 rings (SSSR count). The Morgan fingerprint density at radius 3 is 2.29 bits per heavy atom. The fourth-order valence-corrected chi connectivity index (χ4v) is 2.17. The second kappa shape index (κ2) is 5.58. The summed E-state index contributed by atoms with van der Waals surface area (Å²) in [6.07, 6.45) is 0. The van der Waals surface area contributed by atoms with Crippen molar-refractivity contribution in [2.75, 3.05) is 33.2 Å². The number of nitrogens with two attached hydrogens (primary N) is 1. The third-order valence-electron chi connectivity index (χ3n) is 3.24. The number of hydrogen-bond donors (Lipinski definition) is 1. The van der Waals surface area contributed by atoms with Crippen molar-refractivity contribution < 1.29 is 0 Å². The summed E-state index contributed by atoms with van der Waals surface area (Å²) in [6, 6.07) is 8.25. The maximum Gasteiger partial charge on any atom is 0.103 e. The molecular formula is C13H19N3S. The molecular weight excluding hydrogens is 230 g/mol. The zero-order valence-corrected chi connectivity index (χ0v) is 11.0. The SMILES string of the molecule is CN1CCN(Cc2ccc(C(N)=S)cc2)CC1. The maximum atomic E-state index is 5.58. The Kier molecular flexibility index (Phi) is 4.10. The van der Waals surface area contributed by atoms with Gasteiger partial charge in [-0.25, -0.2) is 0 Å². The smallest absolute Gasteiger partial charge is 0.103 e. The first-order valence-corrected chi connectivity index (χ1v) is 6.35. The van der Waals surface area contributed by atoms with E-state index in [0.29, 0.717) is 4.99 Å². The Morgan fingerprint density at radius 1 is 1.18 bits per heavy atom. The number of rotatable bonds is 3. The summed E-state index contributed by atoms with van der Waals surface area (Å²) in [5, 5.41) is 0. The quantitative estimate of drug-likeness (QED) is 0.812. The van der Waals surface area contributed by atoms with E-state index in [-0.39, 0.29) is 0 Å². The van der Waals surface area contributed by atoms with Gasteiger partial charge in [-0.05, 0) is 12.6 Å². The molecule has 17 heavy (non-hydrogen) atoms. The molecule has 1 saturated heterocycles. The minimum atomic E-state index is 0.469. The molecule has 1 aromatic rings. The monoisotopic (exact) mass is 249 g/mol. The Morgan fingerprint density at radius 2 is 1.76 bits per heavy atom. The summed E-state index contributed by atoms with van der Waals surface area (Å²) in [5.41, 5.74) is 7.85. The fourth-order valence-electron chi connectivity index (χ4n) is 2.04. The third-order valence-corrected chi connectivity index (χ3v) is 3.48. The molecule has 0 aliphatic carbocycles. The molecule has 0 amide bonds. The Hall–Kier alpha value is -0.970. The number of thiocarbonyl (C=S) groups is 1. The van der Waals surface area contributed by atoms with Crippen molar-refractivity contribution in [1.82, 2.24) is 9.80 Å². The van der Waals surface area contributed by atoms with Crippen LogP contribution >= 0.6 is 12.2 Å². The molecule has 1 aromatic carbocycles. The lowest BCUT2D eigenvalue weighted by atomic mass is 10.1. The van der Waals surface area contributed by atoms with Crippen molar-refractivity contribution in [2.24, 2.45) is 5.73 Å². The molecule has 0 spiro atoms. The van der Waals surface area contributed by atoms with E-state index >= 15 is 0 Å². The largest absolute Gasteiger partial charge is 0.389 e. The standard InChI is InChI=1S/C13H19N3S/c1-15-6-8-16(9-7-15)10-11-2-4-12(5-3-11)13(14)17/h2-5H,6-10H2,1H3,(H2,14,17). The molecule has 0 bridgehead atoms. The van der Waals surface area contributed by atoms with Gasteiger partial charge in [0, 0.05) is 38.3 Å². The topological polar surface area (TPSA) is 32.5 Å². The van der Waals surface area contributed by atoms with Crippen LogP contribution in [0.2, 0.25) is 0 Å². The molecule has 0 unspecified atom stereocenters. The van der Waals surface area contributed by atoms with Crippen molar-refractivity contribution in [1.29, 1.82) is 0 Å². The van der Waals surface area contributed by atoms with Crippen LogP contribution in [0.15, 0.2) is 24.3 Å². The highest BCUT2D eigenvalue weighted by molar-refractivity contribution is 7.80. The van der Waals surface area contributed by atoms with Crippen molar-refractivity contribution in [3.05, 3.63) is 35.4 Å². The zero-order valence-electron chi connectivity index (χ0n) is 10.2. The highest BCUT2D eigenvalue weighted by Crippen LogP contribution is 2.09. The average molecular weight is 249 g/mol. The normalized spacial score (nSPS) is 18.2. The molecule has 1 heterocycles. The van der Waals surface area contributed by atoms with E-state index in [9.17, 15) is 0 Å². The Labute approximate surface area is 108 Å². The van der Waals surface area contributed by atoms with Crippen LogP contribution in [-0.2, 0) is 6.54 Å². The van der Waals surface area contributed by atoms with E-state index in [1.807, 2.05) is 12.1 Å². The van der Waals surface area contributed by atoms with Crippen molar-refractivity contribution in [3.8, 4) is 0 Å². The molecule has 1 aliphatic rings. The first-order chi connectivity index (χ1) is 8.15. The van der Waals surface area contributed by atoms with Crippen LogP contribution in [0, 0.1) is 0 Å². The summed E-state index contributed by atoms with van der Waals surface area (Å²) in [6.45, 7) is 5.63. The van der Waals surface area contributed by atoms with Gasteiger partial charge in [0.05, 0.1) is 0 Å². The van der Waals surface area contributed by atoms with Crippen molar-refractivity contribution in [2.45, 2.75) is 6.54 Å². The zero-order chi connectivity index (χ0) is 12.3. The Bertz CT molecular complexity index is 380. The number of nitrogens with zero attached hydrogens (tertiary/aromatic N) is 2. The van der Waals surface area contributed by atoms with Gasteiger partial charge in [0.1, 0.15) is 4.99 Å². The van der Waals surface area contributed by atoms with Gasteiger partial charge in [0.15, 0.2) is 0 Å². The molecule has 92 valence electrons. The van der Waals surface area contributed by atoms with Gasteiger partial charge in [-0.15, -0.1) is 0 Å². The summed E-state index contributed by atoms with van der Waals surface area (Å²) >= 11 is 4.94. The van der Waals surface area contributed by atoms with Crippen LogP contribution in [0.1, 0.15) is 11.1 Å². The van der Waals surface area contributed by atoms with Crippen LogP contribution in [0.5, 0.6) is 0 Å². The predicted octanol–water partition coefficient (Wildman–Crippen LogP) is 1.07. The molecule has 4 heteroatoms. The average Bonchev–Trinajstić information content (AvgIpc) is 2.33. The van der Waals surface area contributed by atoms with Crippen molar-refractivity contribution in [3.63, 3.8) is 0 Å². The molecule has 2 N–H and O–H groups in total.